The second-order valence-corrected chi connectivity index (χ2v) is 6.12. The summed E-state index contributed by atoms with van der Waals surface area (Å²) in [7, 11) is 0. The second-order valence-electron chi connectivity index (χ2n) is 6.12. The molecule has 1 saturated carbocycles. The van der Waals surface area contributed by atoms with E-state index in [4.69, 9.17) is 4.74 Å². The number of alkyl halides is 2. The van der Waals surface area contributed by atoms with Gasteiger partial charge in [0.05, 0.1) is 6.04 Å². The number of hydrogen-bond donors (Lipinski definition) is 2. The predicted octanol–water partition coefficient (Wildman–Crippen LogP) is 2.53. The van der Waals surface area contributed by atoms with Crippen molar-refractivity contribution in [1.29, 1.82) is 0 Å². The first-order valence-corrected chi connectivity index (χ1v) is 6.70. The summed E-state index contributed by atoms with van der Waals surface area (Å²) in [4.78, 5) is 11.5. The minimum Gasteiger partial charge on any atom is -0.444 e. The van der Waals surface area contributed by atoms with Crippen molar-refractivity contribution in [3.8, 4) is 0 Å². The lowest BCUT2D eigenvalue weighted by Crippen LogP contribution is -2.48. The van der Waals surface area contributed by atoms with E-state index in [-0.39, 0.29) is 6.04 Å². The average Bonchev–Trinajstić information content (AvgIpc) is 3.04. The molecule has 2 atom stereocenters. The molecule has 1 aliphatic rings. The number of rotatable bonds is 6. The molecule has 4 nitrogen and oxygen atoms in total. The van der Waals surface area contributed by atoms with Crippen molar-refractivity contribution in [3.63, 3.8) is 0 Å². The van der Waals surface area contributed by atoms with Crippen LogP contribution in [0.3, 0.4) is 0 Å². The van der Waals surface area contributed by atoms with Crippen molar-refractivity contribution in [3.05, 3.63) is 0 Å². The molecular formula is C13H24F2N2O2. The van der Waals surface area contributed by atoms with Gasteiger partial charge in [-0.05, 0) is 46.5 Å². The number of ether oxygens (including phenoxy) is 1. The molecule has 1 rings (SSSR count). The van der Waals surface area contributed by atoms with Crippen LogP contribution in [-0.2, 0) is 4.74 Å². The molecule has 2 unspecified atom stereocenters. The summed E-state index contributed by atoms with van der Waals surface area (Å²) in [5.41, 5.74) is -0.553. The molecule has 19 heavy (non-hydrogen) atoms. The van der Waals surface area contributed by atoms with Crippen LogP contribution in [0.15, 0.2) is 0 Å². The monoisotopic (exact) mass is 278 g/mol. The molecule has 0 heterocycles. The quantitative estimate of drug-likeness (QED) is 0.785. The van der Waals surface area contributed by atoms with Crippen LogP contribution in [0, 0.1) is 5.92 Å². The Morgan fingerprint density at radius 3 is 2.37 bits per heavy atom. The number of alkyl carbamates (subject to hydrolysis) is 1. The van der Waals surface area contributed by atoms with E-state index < -0.39 is 24.2 Å². The maximum absolute atomic E-state index is 12.5. The Morgan fingerprint density at radius 2 is 1.95 bits per heavy atom. The first kappa shape index (κ1) is 16.1. The Morgan fingerprint density at radius 1 is 1.37 bits per heavy atom. The van der Waals surface area contributed by atoms with E-state index in [1.807, 2.05) is 0 Å². The lowest BCUT2D eigenvalue weighted by atomic mass is 10.1. The van der Waals surface area contributed by atoms with E-state index in [0.29, 0.717) is 12.5 Å². The van der Waals surface area contributed by atoms with Crippen molar-refractivity contribution in [2.45, 2.75) is 64.6 Å². The molecule has 2 N–H and O–H groups in total. The molecule has 0 aromatic heterocycles. The van der Waals surface area contributed by atoms with Gasteiger partial charge in [0, 0.05) is 12.6 Å². The van der Waals surface area contributed by atoms with Crippen LogP contribution >= 0.6 is 0 Å². The Balaban J connectivity index is 2.36. The Hall–Kier alpha value is -0.910. The largest absolute Gasteiger partial charge is 0.444 e. The molecule has 1 fully saturated rings. The summed E-state index contributed by atoms with van der Waals surface area (Å²) in [5.74, 6) is 0.371. The fourth-order valence-electron chi connectivity index (χ4n) is 1.78. The fraction of sp³-hybridized carbons (Fsp3) is 0.923. The maximum Gasteiger partial charge on any atom is 0.407 e. The number of carbonyl (C=O) groups excluding carboxylic acids is 1. The van der Waals surface area contributed by atoms with Crippen molar-refractivity contribution in [2.24, 2.45) is 5.92 Å². The molecular weight excluding hydrogens is 254 g/mol. The smallest absolute Gasteiger partial charge is 0.407 e. The van der Waals surface area contributed by atoms with Gasteiger partial charge in [0.25, 0.3) is 6.43 Å². The van der Waals surface area contributed by atoms with E-state index in [9.17, 15) is 13.6 Å². The predicted molar refractivity (Wildman–Crippen MR) is 69.4 cm³/mol. The van der Waals surface area contributed by atoms with Crippen LogP contribution in [0.4, 0.5) is 13.6 Å². The van der Waals surface area contributed by atoms with Crippen LogP contribution in [0.25, 0.3) is 0 Å². The second kappa shape index (κ2) is 6.50. The van der Waals surface area contributed by atoms with Crippen LogP contribution in [0.1, 0.15) is 40.5 Å². The Labute approximate surface area is 113 Å². The summed E-state index contributed by atoms with van der Waals surface area (Å²) in [6, 6.07) is -0.984. The van der Waals surface area contributed by atoms with Gasteiger partial charge in [-0.3, -0.25) is 0 Å². The van der Waals surface area contributed by atoms with E-state index >= 15 is 0 Å². The minimum absolute atomic E-state index is 0.114. The van der Waals surface area contributed by atoms with Crippen molar-refractivity contribution < 1.29 is 18.3 Å². The molecule has 6 heteroatoms. The van der Waals surface area contributed by atoms with Gasteiger partial charge in [-0.15, -0.1) is 0 Å². The summed E-state index contributed by atoms with van der Waals surface area (Å²) < 4.78 is 30.2. The number of hydrogen-bond acceptors (Lipinski definition) is 3. The van der Waals surface area contributed by atoms with Crippen LogP contribution in [0.2, 0.25) is 0 Å². The third kappa shape index (κ3) is 6.71. The van der Waals surface area contributed by atoms with Gasteiger partial charge < -0.3 is 15.4 Å². The number of amides is 1. The molecule has 0 aromatic carbocycles. The van der Waals surface area contributed by atoms with Gasteiger partial charge in [-0.2, -0.15) is 0 Å². The van der Waals surface area contributed by atoms with Crippen LogP contribution in [0.5, 0.6) is 0 Å². The van der Waals surface area contributed by atoms with E-state index in [1.165, 1.54) is 6.92 Å². The summed E-state index contributed by atoms with van der Waals surface area (Å²) in [5, 5.41) is 5.51. The first-order valence-electron chi connectivity index (χ1n) is 6.70. The standard InChI is InChI=1S/C13H24F2N2O2/c1-8(11(14)15)17-10(9-5-6-9)7-16-12(18)19-13(2,3)4/h8-11,17H,5-7H2,1-4H3,(H,16,18). The van der Waals surface area contributed by atoms with Crippen molar-refractivity contribution in [2.75, 3.05) is 6.54 Å². The zero-order valence-corrected chi connectivity index (χ0v) is 12.0. The Kier molecular flexibility index (Phi) is 5.52. The lowest BCUT2D eigenvalue weighted by molar-refractivity contribution is 0.0515. The molecule has 0 spiro atoms. The fourth-order valence-corrected chi connectivity index (χ4v) is 1.78. The highest BCUT2D eigenvalue weighted by Gasteiger charge is 2.33. The van der Waals surface area contributed by atoms with Gasteiger partial charge in [0.1, 0.15) is 5.60 Å². The van der Waals surface area contributed by atoms with Gasteiger partial charge in [0.15, 0.2) is 0 Å². The van der Waals surface area contributed by atoms with Gasteiger partial charge in [-0.1, -0.05) is 0 Å². The maximum atomic E-state index is 12.5. The lowest BCUT2D eigenvalue weighted by Gasteiger charge is -2.24. The molecule has 0 bridgehead atoms. The van der Waals surface area contributed by atoms with E-state index in [2.05, 4.69) is 10.6 Å². The zero-order chi connectivity index (χ0) is 14.6. The SMILES string of the molecule is CC(NC(CNC(=O)OC(C)(C)C)C1CC1)C(F)F. The normalized spacial score (nSPS) is 19.1. The number of carbonyl (C=O) groups is 1. The molecule has 1 aliphatic carbocycles. The number of halogens is 2. The third-order valence-corrected chi connectivity index (χ3v) is 2.91. The molecule has 0 saturated heterocycles. The number of nitrogens with one attached hydrogen (secondary N) is 2. The van der Waals surface area contributed by atoms with Gasteiger partial charge in [0.2, 0.25) is 0 Å². The molecule has 1 amide bonds. The molecule has 0 aromatic rings. The van der Waals surface area contributed by atoms with Gasteiger partial charge in [-0.25, -0.2) is 13.6 Å². The molecule has 0 radical (unpaired) electrons. The summed E-state index contributed by atoms with van der Waals surface area (Å²) in [6.07, 6.45) is -0.875. The summed E-state index contributed by atoms with van der Waals surface area (Å²) >= 11 is 0. The third-order valence-electron chi connectivity index (χ3n) is 2.91. The highest BCUT2D eigenvalue weighted by Crippen LogP contribution is 2.32. The van der Waals surface area contributed by atoms with E-state index in [0.717, 1.165) is 12.8 Å². The van der Waals surface area contributed by atoms with Crippen molar-refractivity contribution in [1.82, 2.24) is 10.6 Å². The Bertz CT molecular complexity index is 302. The molecule has 112 valence electrons. The van der Waals surface area contributed by atoms with Gasteiger partial charge >= 0.3 is 6.09 Å². The summed E-state index contributed by atoms with van der Waals surface area (Å²) in [6.45, 7) is 7.11. The van der Waals surface area contributed by atoms with Crippen LogP contribution < -0.4 is 10.6 Å². The zero-order valence-electron chi connectivity index (χ0n) is 12.0. The highest BCUT2D eigenvalue weighted by atomic mass is 19.3. The van der Waals surface area contributed by atoms with Crippen molar-refractivity contribution >= 4 is 6.09 Å². The average molecular weight is 278 g/mol. The van der Waals surface area contributed by atoms with Crippen LogP contribution in [-0.4, -0.2) is 36.7 Å². The molecule has 0 aliphatic heterocycles. The topological polar surface area (TPSA) is 50.4 Å². The first-order chi connectivity index (χ1) is 8.69. The minimum atomic E-state index is -2.40. The van der Waals surface area contributed by atoms with E-state index in [1.54, 1.807) is 20.8 Å². The highest BCUT2D eigenvalue weighted by molar-refractivity contribution is 5.67.